The van der Waals surface area contributed by atoms with Gasteiger partial charge in [0.1, 0.15) is 11.6 Å². The molecular weight excluding hydrogens is 428 g/mol. The third-order valence-electron chi connectivity index (χ3n) is 5.67. The topological polar surface area (TPSA) is 108 Å². The molecule has 0 unspecified atom stereocenters. The van der Waals surface area contributed by atoms with E-state index in [1.165, 1.54) is 18.4 Å². The van der Waals surface area contributed by atoms with Gasteiger partial charge >= 0.3 is 0 Å². The molecule has 1 atom stereocenters. The molecular formula is C23H22N4O4S. The van der Waals surface area contributed by atoms with E-state index in [0.717, 1.165) is 29.7 Å². The number of amides is 1. The summed E-state index contributed by atoms with van der Waals surface area (Å²) in [5.74, 6) is 1.16. The average Bonchev–Trinajstić information content (AvgIpc) is 3.57. The van der Waals surface area contributed by atoms with Crippen molar-refractivity contribution in [2.24, 2.45) is 0 Å². The lowest BCUT2D eigenvalue weighted by Crippen LogP contribution is -2.31. The minimum absolute atomic E-state index is 0.0585. The molecule has 4 aromatic rings. The van der Waals surface area contributed by atoms with Crippen LogP contribution in [0.5, 0.6) is 0 Å². The maximum atomic E-state index is 13.2. The number of hydrogen-bond donors (Lipinski definition) is 2. The Kier molecular flexibility index (Phi) is 5.28. The molecule has 1 aliphatic rings. The standard InChI is InChI=1S/C23H22N4O4S/c28-23(27-13-3-8-21(27)22-25-19-6-1-2-7-20(19)26-22)16-9-11-18(12-10-16)32(29,30)24-15-17-5-4-14-31-17/h1-2,4-7,9-12,14,21,24H,3,8,13,15H2,(H,25,26)/t21-/m0/s1. The van der Waals surface area contributed by atoms with Crippen molar-refractivity contribution >= 4 is 27.0 Å². The van der Waals surface area contributed by atoms with Crippen molar-refractivity contribution in [2.75, 3.05) is 6.54 Å². The first-order valence-electron chi connectivity index (χ1n) is 10.4. The molecule has 5 rings (SSSR count). The zero-order valence-electron chi connectivity index (χ0n) is 17.2. The number of para-hydroxylation sites is 2. The first-order valence-corrected chi connectivity index (χ1v) is 11.9. The van der Waals surface area contributed by atoms with Crippen LogP contribution in [0.1, 0.15) is 40.8 Å². The van der Waals surface area contributed by atoms with Crippen LogP contribution in [0.25, 0.3) is 11.0 Å². The number of nitrogens with zero attached hydrogens (tertiary/aromatic N) is 2. The molecule has 1 amide bonds. The van der Waals surface area contributed by atoms with Crippen LogP contribution in [0.15, 0.2) is 76.2 Å². The number of imidazole rings is 1. The van der Waals surface area contributed by atoms with Crippen LogP contribution in [-0.2, 0) is 16.6 Å². The molecule has 1 fully saturated rings. The van der Waals surface area contributed by atoms with E-state index in [1.54, 1.807) is 29.2 Å². The summed E-state index contributed by atoms with van der Waals surface area (Å²) in [7, 11) is -3.72. The van der Waals surface area contributed by atoms with E-state index in [2.05, 4.69) is 14.7 Å². The molecule has 0 saturated carbocycles. The summed E-state index contributed by atoms with van der Waals surface area (Å²) in [4.78, 5) is 23.1. The van der Waals surface area contributed by atoms with Crippen LogP contribution in [0.4, 0.5) is 0 Å². The van der Waals surface area contributed by atoms with E-state index in [4.69, 9.17) is 4.42 Å². The van der Waals surface area contributed by atoms with Gasteiger partial charge in [0, 0.05) is 12.1 Å². The Hall–Kier alpha value is -3.43. The van der Waals surface area contributed by atoms with Crippen molar-refractivity contribution in [3.05, 3.63) is 84.1 Å². The molecule has 32 heavy (non-hydrogen) atoms. The molecule has 164 valence electrons. The zero-order chi connectivity index (χ0) is 22.1. The van der Waals surface area contributed by atoms with Crippen LogP contribution in [-0.4, -0.2) is 35.7 Å². The fourth-order valence-corrected chi connectivity index (χ4v) is 5.02. The Labute approximate surface area is 185 Å². The van der Waals surface area contributed by atoms with Crippen LogP contribution < -0.4 is 4.72 Å². The molecule has 0 radical (unpaired) electrons. The third-order valence-corrected chi connectivity index (χ3v) is 7.08. The van der Waals surface area contributed by atoms with Crippen molar-refractivity contribution in [3.8, 4) is 0 Å². The number of furan rings is 1. The Bertz CT molecular complexity index is 1310. The summed E-state index contributed by atoms with van der Waals surface area (Å²) < 4.78 is 32.7. The fourth-order valence-electron chi connectivity index (χ4n) is 4.03. The maximum Gasteiger partial charge on any atom is 0.254 e. The van der Waals surface area contributed by atoms with Crippen molar-refractivity contribution in [1.82, 2.24) is 19.6 Å². The minimum atomic E-state index is -3.72. The molecule has 3 heterocycles. The highest BCUT2D eigenvalue weighted by Gasteiger charge is 2.32. The maximum absolute atomic E-state index is 13.2. The highest BCUT2D eigenvalue weighted by molar-refractivity contribution is 7.89. The number of fused-ring (bicyclic) bond motifs is 1. The SMILES string of the molecule is O=C(c1ccc(S(=O)(=O)NCc2ccco2)cc1)N1CCC[C@H]1c1nc2ccccc2[nH]1. The van der Waals surface area contributed by atoms with E-state index in [9.17, 15) is 13.2 Å². The third kappa shape index (κ3) is 3.92. The molecule has 8 nitrogen and oxygen atoms in total. The number of aromatic nitrogens is 2. The monoisotopic (exact) mass is 450 g/mol. The van der Waals surface area contributed by atoms with Crippen molar-refractivity contribution < 1.29 is 17.6 Å². The lowest BCUT2D eigenvalue weighted by atomic mass is 10.1. The van der Waals surface area contributed by atoms with Crippen LogP contribution >= 0.6 is 0 Å². The predicted molar refractivity (Wildman–Crippen MR) is 118 cm³/mol. The van der Waals surface area contributed by atoms with Gasteiger partial charge in [-0.15, -0.1) is 0 Å². The van der Waals surface area contributed by atoms with Gasteiger partial charge in [0.15, 0.2) is 0 Å². The molecule has 0 spiro atoms. The quantitative estimate of drug-likeness (QED) is 0.467. The van der Waals surface area contributed by atoms with Gasteiger partial charge < -0.3 is 14.3 Å². The summed E-state index contributed by atoms with van der Waals surface area (Å²) in [6.45, 7) is 0.689. The lowest BCUT2D eigenvalue weighted by molar-refractivity contribution is 0.0730. The van der Waals surface area contributed by atoms with Crippen molar-refractivity contribution in [1.29, 1.82) is 0 Å². The molecule has 0 bridgehead atoms. The highest BCUT2D eigenvalue weighted by Crippen LogP contribution is 2.32. The highest BCUT2D eigenvalue weighted by atomic mass is 32.2. The molecule has 1 saturated heterocycles. The Balaban J connectivity index is 1.32. The Morgan fingerprint density at radius 2 is 1.94 bits per heavy atom. The zero-order valence-corrected chi connectivity index (χ0v) is 18.0. The second kappa shape index (κ2) is 8.25. The van der Waals surface area contributed by atoms with Crippen LogP contribution in [0, 0.1) is 0 Å². The van der Waals surface area contributed by atoms with Gasteiger partial charge in [-0.25, -0.2) is 18.1 Å². The van der Waals surface area contributed by atoms with E-state index < -0.39 is 10.0 Å². The number of nitrogens with one attached hydrogen (secondary N) is 2. The number of carbonyl (C=O) groups is 1. The van der Waals surface area contributed by atoms with Gasteiger partial charge in [0.05, 0.1) is 34.8 Å². The summed E-state index contributed by atoms with van der Waals surface area (Å²) >= 11 is 0. The van der Waals surface area contributed by atoms with E-state index in [0.29, 0.717) is 17.9 Å². The van der Waals surface area contributed by atoms with E-state index >= 15 is 0 Å². The number of hydrogen-bond acceptors (Lipinski definition) is 5. The van der Waals surface area contributed by atoms with Gasteiger partial charge in [0.2, 0.25) is 10.0 Å². The number of sulfonamides is 1. The van der Waals surface area contributed by atoms with Gasteiger partial charge in [-0.3, -0.25) is 4.79 Å². The number of aromatic amines is 1. The molecule has 2 aromatic carbocycles. The normalized spacial score (nSPS) is 16.6. The molecule has 2 N–H and O–H groups in total. The summed E-state index contributed by atoms with van der Waals surface area (Å²) in [6.07, 6.45) is 3.20. The predicted octanol–water partition coefficient (Wildman–Crippen LogP) is 3.61. The molecule has 1 aliphatic heterocycles. The number of rotatable bonds is 6. The van der Waals surface area contributed by atoms with Crippen LogP contribution in [0.3, 0.4) is 0 Å². The molecule has 2 aromatic heterocycles. The Morgan fingerprint density at radius 1 is 1.12 bits per heavy atom. The smallest absolute Gasteiger partial charge is 0.254 e. The average molecular weight is 451 g/mol. The largest absolute Gasteiger partial charge is 0.468 e. The summed E-state index contributed by atoms with van der Waals surface area (Å²) in [6, 6.07) is 17.0. The molecule has 0 aliphatic carbocycles. The second-order valence-electron chi connectivity index (χ2n) is 7.72. The van der Waals surface area contributed by atoms with Gasteiger partial charge in [-0.2, -0.15) is 0 Å². The summed E-state index contributed by atoms with van der Waals surface area (Å²) in [5, 5.41) is 0. The number of likely N-dealkylation sites (tertiary alicyclic amines) is 1. The lowest BCUT2D eigenvalue weighted by Gasteiger charge is -2.23. The fraction of sp³-hybridized carbons (Fsp3) is 0.217. The van der Waals surface area contributed by atoms with E-state index in [1.807, 2.05) is 24.3 Å². The van der Waals surface area contributed by atoms with Crippen molar-refractivity contribution in [3.63, 3.8) is 0 Å². The van der Waals surface area contributed by atoms with Gasteiger partial charge in [-0.05, 0) is 61.4 Å². The number of carbonyl (C=O) groups excluding carboxylic acids is 1. The first-order chi connectivity index (χ1) is 15.5. The van der Waals surface area contributed by atoms with Gasteiger partial charge in [-0.1, -0.05) is 12.1 Å². The summed E-state index contributed by atoms with van der Waals surface area (Å²) in [5.41, 5.74) is 2.26. The second-order valence-corrected chi connectivity index (χ2v) is 9.49. The van der Waals surface area contributed by atoms with Crippen molar-refractivity contribution in [2.45, 2.75) is 30.3 Å². The Morgan fingerprint density at radius 3 is 2.69 bits per heavy atom. The van der Waals surface area contributed by atoms with E-state index in [-0.39, 0.29) is 23.4 Å². The number of benzene rings is 2. The molecule has 9 heteroatoms. The first kappa shape index (κ1) is 20.5. The van der Waals surface area contributed by atoms with Gasteiger partial charge in [0.25, 0.3) is 5.91 Å². The van der Waals surface area contributed by atoms with Crippen LogP contribution in [0.2, 0.25) is 0 Å². The number of H-pyrrole nitrogens is 1. The minimum Gasteiger partial charge on any atom is -0.468 e.